The highest BCUT2D eigenvalue weighted by Gasteiger charge is 2.14. The Balaban J connectivity index is 2.03. The van der Waals surface area contributed by atoms with Crippen molar-refractivity contribution < 1.29 is 13.2 Å². The first kappa shape index (κ1) is 20.2. The molecule has 0 aliphatic rings. The summed E-state index contributed by atoms with van der Waals surface area (Å²) >= 11 is 0. The lowest BCUT2D eigenvalue weighted by atomic mass is 10.1. The third-order valence-electron chi connectivity index (χ3n) is 4.22. The Hall–Kier alpha value is -2.15. The Morgan fingerprint density at radius 1 is 1.27 bits per heavy atom. The molecule has 1 aromatic heterocycles. The molecule has 0 saturated carbocycles. The van der Waals surface area contributed by atoms with Gasteiger partial charge in [-0.1, -0.05) is 19.9 Å². The SMILES string of the molecule is Cc1nn(CC(C)C)c(C)c1CCC(=O)Nc1cccc(S(C)(=O)=O)c1. The van der Waals surface area contributed by atoms with Gasteiger partial charge in [0.15, 0.2) is 9.84 Å². The van der Waals surface area contributed by atoms with Gasteiger partial charge >= 0.3 is 0 Å². The van der Waals surface area contributed by atoms with E-state index in [1.807, 2.05) is 18.5 Å². The summed E-state index contributed by atoms with van der Waals surface area (Å²) in [4.78, 5) is 12.5. The molecular weight excluding hydrogens is 350 g/mol. The summed E-state index contributed by atoms with van der Waals surface area (Å²) in [6.07, 6.45) is 2.07. The molecule has 1 heterocycles. The first-order valence-electron chi connectivity index (χ1n) is 8.70. The van der Waals surface area contributed by atoms with Gasteiger partial charge in [0, 0.05) is 30.6 Å². The number of anilines is 1. The van der Waals surface area contributed by atoms with Crippen LogP contribution >= 0.6 is 0 Å². The Bertz CT molecular complexity index is 899. The number of carbonyl (C=O) groups is 1. The molecule has 2 aromatic rings. The number of hydrogen-bond donors (Lipinski definition) is 1. The van der Waals surface area contributed by atoms with Crippen LogP contribution in [0.15, 0.2) is 29.2 Å². The van der Waals surface area contributed by atoms with Crippen molar-refractivity contribution in [3.8, 4) is 0 Å². The van der Waals surface area contributed by atoms with E-state index in [-0.39, 0.29) is 10.8 Å². The average Bonchev–Trinajstić information content (AvgIpc) is 2.78. The van der Waals surface area contributed by atoms with Gasteiger partial charge in [-0.05, 0) is 49.9 Å². The van der Waals surface area contributed by atoms with Crippen LogP contribution in [0.2, 0.25) is 0 Å². The summed E-state index contributed by atoms with van der Waals surface area (Å²) in [5.41, 5.74) is 3.64. The van der Waals surface area contributed by atoms with E-state index in [2.05, 4.69) is 24.3 Å². The summed E-state index contributed by atoms with van der Waals surface area (Å²) in [7, 11) is -3.30. The Labute approximate surface area is 155 Å². The van der Waals surface area contributed by atoms with Gasteiger partial charge < -0.3 is 5.32 Å². The van der Waals surface area contributed by atoms with Crippen LogP contribution in [0.1, 0.15) is 37.2 Å². The minimum absolute atomic E-state index is 0.147. The highest BCUT2D eigenvalue weighted by Crippen LogP contribution is 2.18. The number of nitrogens with zero attached hydrogens (tertiary/aromatic N) is 2. The minimum Gasteiger partial charge on any atom is -0.326 e. The molecule has 0 unspecified atom stereocenters. The van der Waals surface area contributed by atoms with E-state index in [4.69, 9.17) is 0 Å². The summed E-state index contributed by atoms with van der Waals surface area (Å²) in [5.74, 6) is 0.359. The van der Waals surface area contributed by atoms with Crippen molar-refractivity contribution >= 4 is 21.4 Å². The summed E-state index contributed by atoms with van der Waals surface area (Å²) in [5, 5.41) is 7.34. The van der Waals surface area contributed by atoms with E-state index in [9.17, 15) is 13.2 Å². The van der Waals surface area contributed by atoms with Gasteiger partial charge in [-0.15, -0.1) is 0 Å². The Morgan fingerprint density at radius 3 is 2.58 bits per heavy atom. The van der Waals surface area contributed by atoms with Crippen LogP contribution in [0, 0.1) is 19.8 Å². The maximum atomic E-state index is 12.3. The number of aromatic nitrogens is 2. The lowest BCUT2D eigenvalue weighted by Crippen LogP contribution is -2.13. The van der Waals surface area contributed by atoms with Gasteiger partial charge in [0.2, 0.25) is 5.91 Å². The maximum Gasteiger partial charge on any atom is 0.224 e. The van der Waals surface area contributed by atoms with Crippen LogP contribution in [0.5, 0.6) is 0 Å². The van der Waals surface area contributed by atoms with E-state index in [0.29, 0.717) is 24.4 Å². The molecule has 1 aromatic carbocycles. The van der Waals surface area contributed by atoms with Crippen molar-refractivity contribution in [3.63, 3.8) is 0 Å². The molecule has 0 radical (unpaired) electrons. The van der Waals surface area contributed by atoms with Crippen molar-refractivity contribution in [2.24, 2.45) is 5.92 Å². The van der Waals surface area contributed by atoms with E-state index in [0.717, 1.165) is 29.8 Å². The van der Waals surface area contributed by atoms with Crippen LogP contribution in [-0.2, 0) is 27.6 Å². The molecule has 0 bridgehead atoms. The van der Waals surface area contributed by atoms with Gasteiger partial charge in [-0.3, -0.25) is 9.48 Å². The van der Waals surface area contributed by atoms with Gasteiger partial charge in [-0.25, -0.2) is 8.42 Å². The number of hydrogen-bond acceptors (Lipinski definition) is 4. The second-order valence-electron chi connectivity index (χ2n) is 7.07. The monoisotopic (exact) mass is 377 g/mol. The van der Waals surface area contributed by atoms with Gasteiger partial charge in [-0.2, -0.15) is 5.10 Å². The second-order valence-corrected chi connectivity index (χ2v) is 9.09. The molecule has 1 N–H and O–H groups in total. The van der Waals surface area contributed by atoms with Crippen LogP contribution in [-0.4, -0.2) is 30.4 Å². The fourth-order valence-electron chi connectivity index (χ4n) is 2.89. The average molecular weight is 378 g/mol. The number of sulfone groups is 1. The molecule has 0 aliphatic heterocycles. The molecule has 142 valence electrons. The zero-order chi connectivity index (χ0) is 19.5. The molecule has 26 heavy (non-hydrogen) atoms. The summed E-state index contributed by atoms with van der Waals surface area (Å²) in [6.45, 7) is 9.15. The third-order valence-corrected chi connectivity index (χ3v) is 5.33. The highest BCUT2D eigenvalue weighted by molar-refractivity contribution is 7.90. The van der Waals surface area contributed by atoms with E-state index in [1.54, 1.807) is 12.1 Å². The number of carbonyl (C=O) groups excluding carboxylic acids is 1. The predicted molar refractivity (Wildman–Crippen MR) is 103 cm³/mol. The fraction of sp³-hybridized carbons (Fsp3) is 0.474. The second kappa shape index (κ2) is 8.03. The van der Waals surface area contributed by atoms with Crippen LogP contribution in [0.4, 0.5) is 5.69 Å². The fourth-order valence-corrected chi connectivity index (χ4v) is 3.55. The van der Waals surface area contributed by atoms with Crippen LogP contribution < -0.4 is 5.32 Å². The highest BCUT2D eigenvalue weighted by atomic mass is 32.2. The van der Waals surface area contributed by atoms with Crippen molar-refractivity contribution in [2.45, 2.75) is 52.0 Å². The minimum atomic E-state index is -3.30. The predicted octanol–water partition coefficient (Wildman–Crippen LogP) is 3.13. The molecular formula is C19H27N3O3S. The van der Waals surface area contributed by atoms with E-state index in [1.165, 1.54) is 12.1 Å². The number of nitrogens with one attached hydrogen (secondary N) is 1. The van der Waals surface area contributed by atoms with E-state index >= 15 is 0 Å². The number of amides is 1. The first-order chi connectivity index (χ1) is 12.1. The molecule has 0 spiro atoms. The number of aryl methyl sites for hydroxylation is 1. The Morgan fingerprint density at radius 2 is 1.96 bits per heavy atom. The molecule has 0 fully saturated rings. The molecule has 0 aliphatic carbocycles. The van der Waals surface area contributed by atoms with Gasteiger partial charge in [0.05, 0.1) is 10.6 Å². The third kappa shape index (κ3) is 5.17. The van der Waals surface area contributed by atoms with Crippen molar-refractivity contribution in [3.05, 3.63) is 41.2 Å². The number of rotatable bonds is 7. The summed E-state index contributed by atoms with van der Waals surface area (Å²) < 4.78 is 25.2. The Kier molecular flexibility index (Phi) is 6.23. The molecule has 2 rings (SSSR count). The smallest absolute Gasteiger partial charge is 0.224 e. The molecule has 7 heteroatoms. The molecule has 0 saturated heterocycles. The maximum absolute atomic E-state index is 12.3. The quantitative estimate of drug-likeness (QED) is 0.804. The van der Waals surface area contributed by atoms with Crippen molar-refractivity contribution in [1.82, 2.24) is 9.78 Å². The van der Waals surface area contributed by atoms with Crippen LogP contribution in [0.25, 0.3) is 0 Å². The van der Waals surface area contributed by atoms with Crippen LogP contribution in [0.3, 0.4) is 0 Å². The zero-order valence-corrected chi connectivity index (χ0v) is 16.9. The zero-order valence-electron chi connectivity index (χ0n) is 16.0. The molecule has 0 atom stereocenters. The number of benzene rings is 1. The van der Waals surface area contributed by atoms with Crippen molar-refractivity contribution in [2.75, 3.05) is 11.6 Å². The lowest BCUT2D eigenvalue weighted by molar-refractivity contribution is -0.116. The van der Waals surface area contributed by atoms with Crippen molar-refractivity contribution in [1.29, 1.82) is 0 Å². The van der Waals surface area contributed by atoms with Gasteiger partial charge in [0.25, 0.3) is 0 Å². The largest absolute Gasteiger partial charge is 0.326 e. The summed E-state index contributed by atoms with van der Waals surface area (Å²) in [6, 6.07) is 6.30. The van der Waals surface area contributed by atoms with Gasteiger partial charge in [0.1, 0.15) is 0 Å². The topological polar surface area (TPSA) is 81.1 Å². The molecule has 1 amide bonds. The van der Waals surface area contributed by atoms with E-state index < -0.39 is 9.84 Å². The normalized spacial score (nSPS) is 11.8. The molecule has 6 nitrogen and oxygen atoms in total. The first-order valence-corrected chi connectivity index (χ1v) is 10.6. The lowest BCUT2D eigenvalue weighted by Gasteiger charge is -2.09. The standard InChI is InChI=1S/C19H27N3O3S/c1-13(2)12-22-15(4)18(14(3)21-22)9-10-19(23)20-16-7-6-8-17(11-16)26(5,24)25/h6-8,11,13H,9-10,12H2,1-5H3,(H,20,23).